The van der Waals surface area contributed by atoms with Crippen molar-refractivity contribution in [1.29, 1.82) is 0 Å². The minimum Gasteiger partial charge on any atom is -0.465 e. The van der Waals surface area contributed by atoms with Gasteiger partial charge in [0.15, 0.2) is 0 Å². The molecule has 0 unspecified atom stereocenters. The number of sulfonamides is 1. The number of aryl methyl sites for hydroxylation is 3. The summed E-state index contributed by atoms with van der Waals surface area (Å²) in [6.45, 7) is 5.55. The van der Waals surface area contributed by atoms with E-state index in [9.17, 15) is 13.2 Å². The number of ether oxygens (including phenoxy) is 1. The lowest BCUT2D eigenvalue weighted by atomic mass is 10.1. The first-order valence-corrected chi connectivity index (χ1v) is 9.08. The number of anilines is 1. The molecule has 0 spiro atoms. The molecule has 1 N–H and O–H groups in total. The first-order valence-electron chi connectivity index (χ1n) is 7.60. The Balaban J connectivity index is 2.48. The second-order valence-electron chi connectivity index (χ2n) is 5.54. The van der Waals surface area contributed by atoms with Crippen molar-refractivity contribution in [3.05, 3.63) is 58.7 Å². The number of carbonyl (C=O) groups is 1. The van der Waals surface area contributed by atoms with Crippen LogP contribution in [0.2, 0.25) is 0 Å². The van der Waals surface area contributed by atoms with Gasteiger partial charge in [0.2, 0.25) is 0 Å². The van der Waals surface area contributed by atoms with Crippen LogP contribution in [0.1, 0.15) is 34.0 Å². The number of nitrogens with one attached hydrogen (secondary N) is 1. The number of para-hydroxylation sites is 1. The molecule has 128 valence electrons. The van der Waals surface area contributed by atoms with Crippen LogP contribution in [0.5, 0.6) is 0 Å². The predicted molar refractivity (Wildman–Crippen MR) is 93.9 cm³/mol. The third-order valence-corrected chi connectivity index (χ3v) is 5.25. The summed E-state index contributed by atoms with van der Waals surface area (Å²) in [6.07, 6.45) is 0.709. The molecule has 24 heavy (non-hydrogen) atoms. The third kappa shape index (κ3) is 3.59. The van der Waals surface area contributed by atoms with Gasteiger partial charge in [-0.15, -0.1) is 0 Å². The molecule has 0 heterocycles. The van der Waals surface area contributed by atoms with E-state index in [2.05, 4.69) is 4.72 Å². The van der Waals surface area contributed by atoms with E-state index >= 15 is 0 Å². The standard InChI is InChI=1S/C18H21NO4S/c1-5-14-8-6-7-13(3)17(14)19-24(21,22)15-10-9-12(2)16(11-15)18(20)23-4/h6-11,19H,5H2,1-4H3. The molecule has 0 aromatic heterocycles. The highest BCUT2D eigenvalue weighted by atomic mass is 32.2. The van der Waals surface area contributed by atoms with Crippen molar-refractivity contribution < 1.29 is 17.9 Å². The number of hydrogen-bond donors (Lipinski definition) is 1. The molecule has 0 fully saturated rings. The molecule has 0 atom stereocenters. The zero-order chi connectivity index (χ0) is 17.9. The zero-order valence-electron chi connectivity index (χ0n) is 14.2. The van der Waals surface area contributed by atoms with Crippen LogP contribution in [0.25, 0.3) is 0 Å². The molecule has 0 bridgehead atoms. The molecule has 0 aliphatic carbocycles. The van der Waals surface area contributed by atoms with Crippen LogP contribution in [0.15, 0.2) is 41.3 Å². The summed E-state index contributed by atoms with van der Waals surface area (Å²) >= 11 is 0. The summed E-state index contributed by atoms with van der Waals surface area (Å²) < 4.78 is 32.8. The lowest BCUT2D eigenvalue weighted by Crippen LogP contribution is -2.16. The smallest absolute Gasteiger partial charge is 0.338 e. The minimum absolute atomic E-state index is 0.0267. The molecule has 0 radical (unpaired) electrons. The van der Waals surface area contributed by atoms with Gasteiger partial charge in [-0.2, -0.15) is 0 Å². The highest BCUT2D eigenvalue weighted by Gasteiger charge is 2.20. The van der Waals surface area contributed by atoms with E-state index in [1.807, 2.05) is 32.0 Å². The Morgan fingerprint density at radius 1 is 1.12 bits per heavy atom. The van der Waals surface area contributed by atoms with Crippen LogP contribution in [-0.4, -0.2) is 21.5 Å². The Kier molecular flexibility index (Phi) is 5.29. The summed E-state index contributed by atoms with van der Waals surface area (Å²) in [5.41, 5.74) is 3.24. The van der Waals surface area contributed by atoms with Crippen molar-refractivity contribution in [2.75, 3.05) is 11.8 Å². The summed E-state index contributed by atoms with van der Waals surface area (Å²) in [5.74, 6) is -0.560. The molecule has 0 saturated heterocycles. The lowest BCUT2D eigenvalue weighted by molar-refractivity contribution is 0.0599. The summed E-state index contributed by atoms with van der Waals surface area (Å²) in [6, 6.07) is 10.1. The van der Waals surface area contributed by atoms with Gasteiger partial charge in [-0.3, -0.25) is 4.72 Å². The SMILES string of the molecule is CCc1cccc(C)c1NS(=O)(=O)c1ccc(C)c(C(=O)OC)c1. The van der Waals surface area contributed by atoms with Crippen molar-refractivity contribution >= 4 is 21.7 Å². The fourth-order valence-corrected chi connectivity index (χ4v) is 3.66. The quantitative estimate of drug-likeness (QED) is 0.841. The number of esters is 1. The van der Waals surface area contributed by atoms with Crippen LogP contribution < -0.4 is 4.72 Å². The maximum atomic E-state index is 12.7. The van der Waals surface area contributed by atoms with Gasteiger partial charge in [-0.1, -0.05) is 31.2 Å². The van der Waals surface area contributed by atoms with Crippen LogP contribution >= 0.6 is 0 Å². The number of rotatable bonds is 5. The van der Waals surface area contributed by atoms with Crippen molar-refractivity contribution in [2.45, 2.75) is 32.1 Å². The van der Waals surface area contributed by atoms with E-state index in [-0.39, 0.29) is 10.5 Å². The van der Waals surface area contributed by atoms with Crippen LogP contribution in [-0.2, 0) is 21.2 Å². The number of methoxy groups -OCH3 is 1. The fraction of sp³-hybridized carbons (Fsp3) is 0.278. The molecule has 6 heteroatoms. The first-order chi connectivity index (χ1) is 11.3. The highest BCUT2D eigenvalue weighted by molar-refractivity contribution is 7.92. The van der Waals surface area contributed by atoms with Crippen LogP contribution in [0, 0.1) is 13.8 Å². The monoisotopic (exact) mass is 347 g/mol. The Morgan fingerprint density at radius 3 is 2.46 bits per heavy atom. The van der Waals surface area contributed by atoms with Gasteiger partial charge in [-0.25, -0.2) is 13.2 Å². The predicted octanol–water partition coefficient (Wildman–Crippen LogP) is 3.45. The molecule has 5 nitrogen and oxygen atoms in total. The molecule has 2 rings (SSSR count). The molecular formula is C18H21NO4S. The molecule has 2 aromatic carbocycles. The molecule has 0 aliphatic rings. The second kappa shape index (κ2) is 7.05. The molecular weight excluding hydrogens is 326 g/mol. The van der Waals surface area contributed by atoms with E-state index < -0.39 is 16.0 Å². The third-order valence-electron chi connectivity index (χ3n) is 3.90. The van der Waals surface area contributed by atoms with Crippen LogP contribution in [0.3, 0.4) is 0 Å². The molecule has 2 aromatic rings. The Hall–Kier alpha value is -2.34. The summed E-state index contributed by atoms with van der Waals surface area (Å²) in [5, 5.41) is 0. The van der Waals surface area contributed by atoms with Gasteiger partial charge in [0.1, 0.15) is 0 Å². The van der Waals surface area contributed by atoms with Gasteiger partial charge < -0.3 is 4.74 Å². The maximum Gasteiger partial charge on any atom is 0.338 e. The minimum atomic E-state index is -3.81. The second-order valence-corrected chi connectivity index (χ2v) is 7.22. The fourth-order valence-electron chi connectivity index (χ4n) is 2.46. The Labute approximate surface area is 142 Å². The van der Waals surface area contributed by atoms with Gasteiger partial charge in [0.25, 0.3) is 10.0 Å². The normalized spacial score (nSPS) is 11.2. The average molecular weight is 347 g/mol. The maximum absolute atomic E-state index is 12.7. The molecule has 0 aliphatic heterocycles. The number of hydrogen-bond acceptors (Lipinski definition) is 4. The average Bonchev–Trinajstić information content (AvgIpc) is 2.56. The first kappa shape index (κ1) is 18.0. The van der Waals surface area contributed by atoms with E-state index in [4.69, 9.17) is 4.74 Å². The van der Waals surface area contributed by atoms with Crippen molar-refractivity contribution in [1.82, 2.24) is 0 Å². The van der Waals surface area contributed by atoms with Gasteiger partial charge in [-0.05, 0) is 49.1 Å². The van der Waals surface area contributed by atoms with E-state index in [1.165, 1.54) is 19.2 Å². The Morgan fingerprint density at radius 2 is 1.83 bits per heavy atom. The highest BCUT2D eigenvalue weighted by Crippen LogP contribution is 2.25. The van der Waals surface area contributed by atoms with Crippen molar-refractivity contribution in [3.63, 3.8) is 0 Å². The molecule has 0 saturated carbocycles. The zero-order valence-corrected chi connectivity index (χ0v) is 15.0. The van der Waals surface area contributed by atoms with Crippen molar-refractivity contribution in [2.24, 2.45) is 0 Å². The lowest BCUT2D eigenvalue weighted by Gasteiger charge is -2.15. The van der Waals surface area contributed by atoms with E-state index in [0.717, 1.165) is 11.1 Å². The molecule has 0 amide bonds. The largest absolute Gasteiger partial charge is 0.465 e. The van der Waals surface area contributed by atoms with E-state index in [0.29, 0.717) is 17.7 Å². The Bertz CT molecular complexity index is 873. The summed E-state index contributed by atoms with van der Waals surface area (Å²) in [7, 11) is -2.54. The van der Waals surface area contributed by atoms with Crippen LogP contribution in [0.4, 0.5) is 5.69 Å². The summed E-state index contributed by atoms with van der Waals surface area (Å²) in [4.78, 5) is 11.8. The topological polar surface area (TPSA) is 72.5 Å². The number of benzene rings is 2. The van der Waals surface area contributed by atoms with E-state index in [1.54, 1.807) is 13.0 Å². The van der Waals surface area contributed by atoms with Gasteiger partial charge in [0, 0.05) is 0 Å². The van der Waals surface area contributed by atoms with Gasteiger partial charge >= 0.3 is 5.97 Å². The number of carbonyl (C=O) groups excluding carboxylic acids is 1. The van der Waals surface area contributed by atoms with Crippen molar-refractivity contribution in [3.8, 4) is 0 Å². The van der Waals surface area contributed by atoms with Gasteiger partial charge in [0.05, 0.1) is 23.3 Å².